The van der Waals surface area contributed by atoms with E-state index in [1.165, 1.54) is 13.2 Å². The molecule has 2 N–H and O–H groups in total. The van der Waals surface area contributed by atoms with E-state index in [9.17, 15) is 13.2 Å². The second kappa shape index (κ2) is 5.75. The molecule has 0 aliphatic heterocycles. The van der Waals surface area contributed by atoms with E-state index in [1.807, 2.05) is 0 Å². The van der Waals surface area contributed by atoms with E-state index in [1.54, 1.807) is 7.05 Å². The summed E-state index contributed by atoms with van der Waals surface area (Å²) in [4.78, 5) is 18.6. The normalized spacial score (nSPS) is 9.29. The van der Waals surface area contributed by atoms with E-state index >= 15 is 0 Å². The number of aromatic nitrogens is 2. The van der Waals surface area contributed by atoms with Crippen molar-refractivity contribution in [3.63, 3.8) is 0 Å². The Labute approximate surface area is 97.9 Å². The highest BCUT2D eigenvalue weighted by Gasteiger charge is 2.07. The Bertz CT molecular complexity index is 525. The highest BCUT2D eigenvalue weighted by molar-refractivity contribution is 7.62. The summed E-state index contributed by atoms with van der Waals surface area (Å²) < 4.78 is 27.9. The van der Waals surface area contributed by atoms with Crippen LogP contribution in [0.5, 0.6) is 5.88 Å². The number of carbonyl (C=O) groups is 1. The fourth-order valence-electron chi connectivity index (χ4n) is 0.900. The number of carbonyl (C=O) groups excluding carboxylic acids is 1. The SMILES string of the molecule is CNc1cc(OC)nc(NC(=O)N=S(=O)=O)n1. The van der Waals surface area contributed by atoms with Gasteiger partial charge in [0.15, 0.2) is 0 Å². The van der Waals surface area contributed by atoms with Gasteiger partial charge in [0.05, 0.1) is 7.11 Å². The topological polar surface area (TPSA) is 123 Å². The first-order valence-electron chi connectivity index (χ1n) is 4.28. The molecule has 0 fully saturated rings. The van der Waals surface area contributed by atoms with Crippen molar-refractivity contribution in [1.29, 1.82) is 0 Å². The van der Waals surface area contributed by atoms with E-state index in [4.69, 9.17) is 4.74 Å². The van der Waals surface area contributed by atoms with Crippen molar-refractivity contribution in [2.75, 3.05) is 24.8 Å². The lowest BCUT2D eigenvalue weighted by molar-refractivity contribution is 0.259. The van der Waals surface area contributed by atoms with Gasteiger partial charge in [-0.15, -0.1) is 0 Å². The standard InChI is InChI=1S/C7H9N5O4S/c1-8-4-3-5(16-2)10-6(9-4)11-7(13)12-17(14)15/h3H,1-2H3,(H2,8,9,10,11,13). The van der Waals surface area contributed by atoms with E-state index in [2.05, 4.69) is 25.0 Å². The number of methoxy groups -OCH3 is 1. The first-order valence-corrected chi connectivity index (χ1v) is 5.31. The lowest BCUT2D eigenvalue weighted by Crippen LogP contribution is -2.10. The van der Waals surface area contributed by atoms with Crippen LogP contribution in [0.15, 0.2) is 10.4 Å². The molecule has 17 heavy (non-hydrogen) atoms. The monoisotopic (exact) mass is 259 g/mol. The van der Waals surface area contributed by atoms with Gasteiger partial charge in [0, 0.05) is 13.1 Å². The molecule has 10 heteroatoms. The van der Waals surface area contributed by atoms with Crippen LogP contribution in [0, 0.1) is 0 Å². The highest BCUT2D eigenvalue weighted by Crippen LogP contribution is 2.15. The summed E-state index contributed by atoms with van der Waals surface area (Å²) >= 11 is 0. The van der Waals surface area contributed by atoms with Crippen molar-refractivity contribution in [3.05, 3.63) is 6.07 Å². The minimum atomic E-state index is -2.82. The molecule has 1 heterocycles. The van der Waals surface area contributed by atoms with Crippen LogP contribution < -0.4 is 15.4 Å². The van der Waals surface area contributed by atoms with Crippen molar-refractivity contribution in [3.8, 4) is 5.88 Å². The molecule has 0 aliphatic carbocycles. The van der Waals surface area contributed by atoms with Gasteiger partial charge in [0.1, 0.15) is 5.82 Å². The molecule has 0 aromatic carbocycles. The van der Waals surface area contributed by atoms with E-state index in [0.29, 0.717) is 5.82 Å². The first kappa shape index (κ1) is 12.8. The predicted octanol–water partition coefficient (Wildman–Crippen LogP) is 0.121. The molecule has 1 aromatic heterocycles. The van der Waals surface area contributed by atoms with Gasteiger partial charge < -0.3 is 10.1 Å². The average molecular weight is 259 g/mol. The van der Waals surface area contributed by atoms with Crippen LogP contribution in [0.3, 0.4) is 0 Å². The lowest BCUT2D eigenvalue weighted by Gasteiger charge is -2.05. The molecule has 9 nitrogen and oxygen atoms in total. The van der Waals surface area contributed by atoms with Gasteiger partial charge >= 0.3 is 16.5 Å². The molecule has 92 valence electrons. The number of nitrogens with zero attached hydrogens (tertiary/aromatic N) is 3. The second-order valence-electron chi connectivity index (χ2n) is 2.61. The van der Waals surface area contributed by atoms with E-state index in [0.717, 1.165) is 0 Å². The van der Waals surface area contributed by atoms with Gasteiger partial charge in [-0.05, 0) is 0 Å². The third-order valence-electron chi connectivity index (χ3n) is 1.54. The minimum Gasteiger partial charge on any atom is -0.481 e. The van der Waals surface area contributed by atoms with Crippen LogP contribution in [0.1, 0.15) is 0 Å². The van der Waals surface area contributed by atoms with Crippen LogP contribution in [0.25, 0.3) is 0 Å². The molecule has 1 rings (SSSR count). The molecule has 0 spiro atoms. The smallest absolute Gasteiger partial charge is 0.362 e. The largest absolute Gasteiger partial charge is 0.481 e. The molecular formula is C7H9N5O4S. The summed E-state index contributed by atoms with van der Waals surface area (Å²) in [7, 11) is 0.186. The third-order valence-corrected chi connectivity index (χ3v) is 1.86. The Morgan fingerprint density at radius 1 is 1.47 bits per heavy atom. The lowest BCUT2D eigenvalue weighted by atomic mass is 10.5. The maximum absolute atomic E-state index is 11.0. The summed E-state index contributed by atoms with van der Waals surface area (Å²) in [5.41, 5.74) is 0. The van der Waals surface area contributed by atoms with Crippen LogP contribution >= 0.6 is 0 Å². The Morgan fingerprint density at radius 3 is 2.71 bits per heavy atom. The van der Waals surface area contributed by atoms with Gasteiger partial charge in [0.2, 0.25) is 11.8 Å². The maximum atomic E-state index is 11.0. The summed E-state index contributed by atoms with van der Waals surface area (Å²) in [5, 5.41) is 4.80. The molecule has 0 unspecified atom stereocenters. The fourth-order valence-corrected chi connectivity index (χ4v) is 1.08. The summed E-state index contributed by atoms with van der Waals surface area (Å²) in [6.07, 6.45) is 0. The van der Waals surface area contributed by atoms with Crippen LogP contribution in [0.4, 0.5) is 16.6 Å². The van der Waals surface area contributed by atoms with E-state index in [-0.39, 0.29) is 11.8 Å². The number of anilines is 2. The Morgan fingerprint density at radius 2 is 2.18 bits per heavy atom. The van der Waals surface area contributed by atoms with Crippen molar-refractivity contribution >= 4 is 28.3 Å². The van der Waals surface area contributed by atoms with Crippen molar-refractivity contribution in [2.45, 2.75) is 0 Å². The zero-order chi connectivity index (χ0) is 12.8. The summed E-state index contributed by atoms with van der Waals surface area (Å²) in [5.74, 6) is 0.492. The van der Waals surface area contributed by atoms with Crippen LogP contribution in [-0.4, -0.2) is 38.6 Å². The van der Waals surface area contributed by atoms with Crippen molar-refractivity contribution in [2.24, 2.45) is 4.36 Å². The second-order valence-corrected chi connectivity index (χ2v) is 3.22. The number of ether oxygens (including phenoxy) is 1. The highest BCUT2D eigenvalue weighted by atomic mass is 32.2. The average Bonchev–Trinajstić information content (AvgIpc) is 2.27. The molecule has 0 aliphatic rings. The molecule has 0 bridgehead atoms. The number of urea groups is 1. The molecular weight excluding hydrogens is 250 g/mol. The molecule has 2 amide bonds. The maximum Gasteiger partial charge on any atom is 0.362 e. The quantitative estimate of drug-likeness (QED) is 0.790. The Kier molecular flexibility index (Phi) is 4.34. The minimum absolute atomic E-state index is 0.118. The Balaban J connectivity index is 2.98. The van der Waals surface area contributed by atoms with Crippen LogP contribution in [-0.2, 0) is 10.5 Å². The van der Waals surface area contributed by atoms with Crippen molar-refractivity contribution < 1.29 is 17.9 Å². The van der Waals surface area contributed by atoms with E-state index < -0.39 is 16.5 Å². The number of hydrogen-bond donors (Lipinski definition) is 2. The third kappa shape index (κ3) is 4.03. The molecule has 0 saturated heterocycles. The van der Waals surface area contributed by atoms with Gasteiger partial charge in [-0.1, -0.05) is 4.36 Å². The Hall–Kier alpha value is -2.23. The molecule has 0 radical (unpaired) electrons. The number of nitrogens with one attached hydrogen (secondary N) is 2. The van der Waals surface area contributed by atoms with Crippen LogP contribution in [0.2, 0.25) is 0 Å². The summed E-state index contributed by atoms with van der Waals surface area (Å²) in [6, 6.07) is 0.409. The van der Waals surface area contributed by atoms with Crippen molar-refractivity contribution in [1.82, 2.24) is 9.97 Å². The number of hydrogen-bond acceptors (Lipinski definition) is 7. The zero-order valence-electron chi connectivity index (χ0n) is 8.96. The number of rotatable bonds is 3. The van der Waals surface area contributed by atoms with Gasteiger partial charge in [-0.2, -0.15) is 18.4 Å². The molecule has 1 aromatic rings. The first-order chi connectivity index (χ1) is 8.05. The zero-order valence-corrected chi connectivity index (χ0v) is 9.78. The summed E-state index contributed by atoms with van der Waals surface area (Å²) in [6.45, 7) is 0. The van der Waals surface area contributed by atoms with Gasteiger partial charge in [-0.25, -0.2) is 4.79 Å². The van der Waals surface area contributed by atoms with Gasteiger partial charge in [0.25, 0.3) is 0 Å². The molecule has 0 atom stereocenters. The predicted molar refractivity (Wildman–Crippen MR) is 58.5 cm³/mol. The van der Waals surface area contributed by atoms with Gasteiger partial charge in [-0.3, -0.25) is 5.32 Å². The fraction of sp³-hybridized carbons (Fsp3) is 0.286. The number of amides is 2. The molecule has 0 saturated carbocycles.